The molecule has 0 heterocycles. The summed E-state index contributed by atoms with van der Waals surface area (Å²) in [6.07, 6.45) is 0. The quantitative estimate of drug-likeness (QED) is 0.168. The first-order valence-corrected chi connectivity index (χ1v) is 3.51. The van der Waals surface area contributed by atoms with Crippen LogP contribution < -0.4 is 34.7 Å². The van der Waals surface area contributed by atoms with Crippen molar-refractivity contribution >= 4 is 11.6 Å². The zero-order chi connectivity index (χ0) is 12.6. The van der Waals surface area contributed by atoms with Crippen molar-refractivity contribution in [3.63, 3.8) is 0 Å². The fraction of sp³-hybridized carbons (Fsp3) is 0. The predicted octanol–water partition coefficient (Wildman–Crippen LogP) is -4.96. The number of carbonyl (C=O) groups is 2. The Morgan fingerprint density at radius 2 is 1.29 bits per heavy atom. The number of nitro groups is 2. The summed E-state index contributed by atoms with van der Waals surface area (Å²) in [5, 5.41) is 40.3. The zero-order valence-electron chi connectivity index (χ0n) is 8.20. The summed E-state index contributed by atoms with van der Waals surface area (Å²) in [6.45, 7) is 0. The van der Waals surface area contributed by atoms with Gasteiger partial charge in [-0.25, -0.2) is 0 Å². The number of rotatable bonds is 2. The Hall–Kier alpha value is -1.78. The summed E-state index contributed by atoms with van der Waals surface area (Å²) in [5.41, 5.74) is -3.35. The van der Waals surface area contributed by atoms with Crippen molar-refractivity contribution in [3.05, 3.63) is 43.1 Å². The van der Waals surface area contributed by atoms with E-state index < -0.39 is 44.3 Å². The van der Waals surface area contributed by atoms with Crippen molar-refractivity contribution in [2.75, 3.05) is 0 Å². The van der Waals surface area contributed by atoms with Crippen LogP contribution in [-0.4, -0.2) is 26.5 Å². The molecule has 17 heavy (non-hydrogen) atoms. The summed E-state index contributed by atoms with van der Waals surface area (Å²) in [6, 6.07) is 0. The predicted molar refractivity (Wildman–Crippen MR) is 40.7 cm³/mol. The van der Waals surface area contributed by atoms with Crippen LogP contribution in [0.5, 0.6) is 0 Å². The molecule has 0 aromatic rings. The Morgan fingerprint density at radius 3 is 1.65 bits per heavy atom. The third-order valence-corrected chi connectivity index (χ3v) is 1.66. The van der Waals surface area contributed by atoms with E-state index in [2.05, 4.69) is 0 Å². The molecule has 0 radical (unpaired) electrons. The average molecular weight is 252 g/mol. The Kier molecular flexibility index (Phi) is 4.51. The molecular formula is C6HN2NaO8. The topological polar surface area (TPSA) is 164 Å². The smallest absolute Gasteiger partial charge is 0.865 e. The number of hydrogen-bond donors (Lipinski definition) is 1. The molecule has 0 aromatic heterocycles. The maximum absolute atomic E-state index is 11.0. The maximum atomic E-state index is 11.0. The van der Waals surface area contributed by atoms with Gasteiger partial charge in [0.2, 0.25) is 0 Å². The van der Waals surface area contributed by atoms with Gasteiger partial charge < -0.3 is 10.2 Å². The standard InChI is InChI=1S/C6H2N2O8.Na/c9-3-1(7(13)14)4(10)6(12)2(5(3)11)8(15)16;/h9,11H;/q;+1/p-1. The van der Waals surface area contributed by atoms with E-state index in [-0.39, 0.29) is 29.6 Å². The van der Waals surface area contributed by atoms with E-state index in [0.717, 1.165) is 0 Å². The molecule has 0 aromatic carbocycles. The van der Waals surface area contributed by atoms with Gasteiger partial charge >= 0.3 is 52.5 Å². The van der Waals surface area contributed by atoms with E-state index in [4.69, 9.17) is 5.11 Å². The number of hydrogen-bond acceptors (Lipinski definition) is 8. The van der Waals surface area contributed by atoms with Crippen LogP contribution in [0.3, 0.4) is 0 Å². The number of allylic oxidation sites excluding steroid dienone is 2. The molecule has 1 aliphatic rings. The minimum atomic E-state index is -1.92. The monoisotopic (exact) mass is 252 g/mol. The normalized spacial score (nSPS) is 15.8. The van der Waals surface area contributed by atoms with Gasteiger partial charge in [0.05, 0.1) is 9.85 Å². The second-order valence-electron chi connectivity index (χ2n) is 2.55. The molecule has 84 valence electrons. The summed E-state index contributed by atoms with van der Waals surface area (Å²) in [5.74, 6) is -7.36. The number of carbonyl (C=O) groups excluding carboxylic acids is 2. The number of nitrogens with zero attached hydrogens (tertiary/aromatic N) is 2. The van der Waals surface area contributed by atoms with Crippen molar-refractivity contribution in [2.24, 2.45) is 0 Å². The Balaban J connectivity index is 0.00000256. The molecule has 1 aliphatic carbocycles. The van der Waals surface area contributed by atoms with Crippen LogP contribution in [0.15, 0.2) is 22.9 Å². The van der Waals surface area contributed by atoms with Crippen LogP contribution >= 0.6 is 0 Å². The number of ketones is 2. The van der Waals surface area contributed by atoms with Crippen LogP contribution in [-0.2, 0) is 9.59 Å². The molecule has 0 atom stereocenters. The third-order valence-electron chi connectivity index (χ3n) is 1.66. The maximum Gasteiger partial charge on any atom is 1.00 e. The van der Waals surface area contributed by atoms with Gasteiger partial charge in [0, 0.05) is 5.76 Å². The molecule has 0 unspecified atom stereocenters. The van der Waals surface area contributed by atoms with Gasteiger partial charge in [0.1, 0.15) is 0 Å². The molecule has 1 N–H and O–H groups in total. The first-order chi connectivity index (χ1) is 7.29. The first kappa shape index (κ1) is 15.2. The summed E-state index contributed by atoms with van der Waals surface area (Å²) >= 11 is 0. The van der Waals surface area contributed by atoms with Crippen molar-refractivity contribution in [2.45, 2.75) is 0 Å². The van der Waals surface area contributed by atoms with E-state index in [1.807, 2.05) is 0 Å². The van der Waals surface area contributed by atoms with Crippen molar-refractivity contribution in [3.8, 4) is 0 Å². The molecule has 0 fully saturated rings. The molecule has 10 nitrogen and oxygen atoms in total. The van der Waals surface area contributed by atoms with Crippen molar-refractivity contribution in [1.82, 2.24) is 0 Å². The van der Waals surface area contributed by atoms with Gasteiger partial charge in [-0.2, -0.15) is 0 Å². The molecule has 0 saturated carbocycles. The van der Waals surface area contributed by atoms with Gasteiger partial charge in [-0.1, -0.05) is 0 Å². The summed E-state index contributed by atoms with van der Waals surface area (Å²) in [7, 11) is 0. The van der Waals surface area contributed by atoms with E-state index in [0.29, 0.717) is 0 Å². The minimum absolute atomic E-state index is 0. The number of Topliss-reactive ketones (excluding diaryl/α,β-unsaturated/α-hetero) is 2. The molecule has 0 amide bonds. The Bertz CT molecular complexity index is 458. The number of aliphatic hydroxyl groups is 1. The van der Waals surface area contributed by atoms with Crippen LogP contribution in [0.2, 0.25) is 0 Å². The fourth-order valence-electron chi connectivity index (χ4n) is 0.981. The van der Waals surface area contributed by atoms with Crippen LogP contribution in [0.1, 0.15) is 0 Å². The zero-order valence-corrected chi connectivity index (χ0v) is 10.2. The largest absolute Gasteiger partial charge is 1.00 e. The second kappa shape index (κ2) is 5.03. The van der Waals surface area contributed by atoms with E-state index in [9.17, 15) is 34.9 Å². The van der Waals surface area contributed by atoms with Crippen molar-refractivity contribution < 1.29 is 59.2 Å². The first-order valence-electron chi connectivity index (χ1n) is 3.51. The molecular weight excluding hydrogens is 251 g/mol. The fourth-order valence-corrected chi connectivity index (χ4v) is 0.981. The van der Waals surface area contributed by atoms with E-state index in [1.54, 1.807) is 0 Å². The molecule has 1 rings (SSSR count). The molecule has 0 bridgehead atoms. The summed E-state index contributed by atoms with van der Waals surface area (Å²) < 4.78 is 0. The van der Waals surface area contributed by atoms with E-state index in [1.165, 1.54) is 0 Å². The molecule has 0 aliphatic heterocycles. The van der Waals surface area contributed by atoms with Gasteiger partial charge in [-0.15, -0.1) is 0 Å². The SMILES string of the molecule is O=C1C(=O)C([N+](=O)[O-])=C(O)C([O-])=C1[N+](=O)[O-].[Na+]. The van der Waals surface area contributed by atoms with Gasteiger partial charge in [0.25, 0.3) is 0 Å². The summed E-state index contributed by atoms with van der Waals surface area (Å²) in [4.78, 5) is 39.4. The number of aliphatic hydroxyl groups excluding tert-OH is 1. The van der Waals surface area contributed by atoms with E-state index >= 15 is 0 Å². The minimum Gasteiger partial charge on any atom is -0.865 e. The molecule has 0 saturated heterocycles. The Morgan fingerprint density at radius 1 is 0.941 bits per heavy atom. The molecule has 0 spiro atoms. The van der Waals surface area contributed by atoms with Gasteiger partial charge in [-0.05, 0) is 0 Å². The second-order valence-corrected chi connectivity index (χ2v) is 2.55. The van der Waals surface area contributed by atoms with Crippen LogP contribution in [0, 0.1) is 20.2 Å². The van der Waals surface area contributed by atoms with Crippen LogP contribution in [0.25, 0.3) is 0 Å². The Labute approximate surface area is 114 Å². The molecule has 11 heteroatoms. The van der Waals surface area contributed by atoms with Crippen LogP contribution in [0.4, 0.5) is 0 Å². The third kappa shape index (κ3) is 2.33. The van der Waals surface area contributed by atoms with Gasteiger partial charge in [0.15, 0.2) is 5.76 Å². The average Bonchev–Trinajstić information content (AvgIpc) is 2.14. The van der Waals surface area contributed by atoms with Gasteiger partial charge in [-0.3, -0.25) is 29.8 Å². The van der Waals surface area contributed by atoms with Crippen molar-refractivity contribution in [1.29, 1.82) is 0 Å².